The summed E-state index contributed by atoms with van der Waals surface area (Å²) >= 11 is 4.03. The van der Waals surface area contributed by atoms with Gasteiger partial charge in [0.2, 0.25) is 0 Å². The van der Waals surface area contributed by atoms with Gasteiger partial charge in [-0.25, -0.2) is 13.1 Å². The molecule has 0 aliphatic rings. The zero-order valence-corrected chi connectivity index (χ0v) is 21.0. The maximum absolute atomic E-state index is 14.3. The van der Waals surface area contributed by atoms with E-state index < -0.39 is 44.8 Å². The molecular weight excluding hydrogens is 533 g/mol. The van der Waals surface area contributed by atoms with E-state index in [1.54, 1.807) is 12.1 Å². The minimum absolute atomic E-state index is 0.0334. The van der Waals surface area contributed by atoms with Crippen molar-refractivity contribution in [2.75, 3.05) is 19.4 Å². The number of carbonyl (C=O) groups excluding carboxylic acids is 1. The van der Waals surface area contributed by atoms with Crippen LogP contribution in [0.3, 0.4) is 0 Å². The summed E-state index contributed by atoms with van der Waals surface area (Å²) in [5, 5.41) is 14.2. The Morgan fingerprint density at radius 3 is 2.22 bits per heavy atom. The number of nitrogens with one attached hydrogen (secondary N) is 1. The number of hydrogen-bond acceptors (Lipinski definition) is 8. The second-order valence-electron chi connectivity index (χ2n) is 7.78. The van der Waals surface area contributed by atoms with E-state index in [2.05, 4.69) is 33.2 Å². The van der Waals surface area contributed by atoms with Crippen LogP contribution in [0, 0.1) is 0 Å². The Labute approximate surface area is 214 Å². The molecule has 0 aliphatic heterocycles. The molecule has 15 heteroatoms. The van der Waals surface area contributed by atoms with Crippen LogP contribution < -0.4 is 10.1 Å². The summed E-state index contributed by atoms with van der Waals surface area (Å²) in [7, 11) is -3.06. The number of amides is 1. The largest absolute Gasteiger partial charge is 0.497 e. The van der Waals surface area contributed by atoms with Crippen molar-refractivity contribution in [3.05, 3.63) is 65.5 Å². The third-order valence-corrected chi connectivity index (χ3v) is 6.84. The molecule has 0 aliphatic carbocycles. The molecule has 0 spiro atoms. The quantitative estimate of drug-likeness (QED) is 0.241. The van der Waals surface area contributed by atoms with Crippen molar-refractivity contribution in [1.29, 1.82) is 0 Å². The van der Waals surface area contributed by atoms with Gasteiger partial charge >= 0.3 is 6.18 Å². The van der Waals surface area contributed by atoms with E-state index >= 15 is 0 Å². The highest BCUT2D eigenvalue weighted by atomic mass is 32.2. The monoisotopic (exact) mass is 554 g/mol. The van der Waals surface area contributed by atoms with Gasteiger partial charge in [-0.2, -0.15) is 30.9 Å². The fraction of sp³-hybridized carbons (Fsp3) is 0.273. The van der Waals surface area contributed by atoms with E-state index in [1.165, 1.54) is 43.5 Å². The summed E-state index contributed by atoms with van der Waals surface area (Å²) in [5.41, 5.74) is -2.42. The molecule has 0 unspecified atom stereocenters. The van der Waals surface area contributed by atoms with Crippen LogP contribution in [0.1, 0.15) is 28.2 Å². The lowest BCUT2D eigenvalue weighted by Crippen LogP contribution is -2.29. The molecule has 0 atom stereocenters. The second kappa shape index (κ2) is 10.4. The number of aromatic nitrogens is 5. The van der Waals surface area contributed by atoms with Crippen LogP contribution in [0.25, 0.3) is 16.7 Å². The summed E-state index contributed by atoms with van der Waals surface area (Å²) in [6, 6.07) is 11.8. The highest BCUT2D eigenvalue weighted by Gasteiger charge is 2.43. The first-order valence-corrected chi connectivity index (χ1v) is 13.1. The number of alkyl halides is 3. The molecule has 4 aromatic rings. The molecule has 0 radical (unpaired) electrons. The molecule has 4 rings (SSSR count). The molecule has 0 bridgehead atoms. The minimum Gasteiger partial charge on any atom is -0.497 e. The minimum atomic E-state index is -5.05. The number of halogens is 3. The fourth-order valence-electron chi connectivity index (χ4n) is 3.54. The predicted octanol–water partition coefficient (Wildman–Crippen LogP) is 3.07. The molecule has 10 nitrogen and oxygen atoms in total. The predicted molar refractivity (Wildman–Crippen MR) is 131 cm³/mol. The van der Waals surface area contributed by atoms with Crippen LogP contribution in [0.5, 0.6) is 5.75 Å². The zero-order chi connectivity index (χ0) is 26.8. The van der Waals surface area contributed by atoms with Crippen molar-refractivity contribution < 1.29 is 31.1 Å². The van der Waals surface area contributed by atoms with E-state index in [4.69, 9.17) is 4.74 Å². The molecule has 37 heavy (non-hydrogen) atoms. The van der Waals surface area contributed by atoms with Gasteiger partial charge in [0.05, 0.1) is 24.1 Å². The van der Waals surface area contributed by atoms with Crippen molar-refractivity contribution in [2.45, 2.75) is 18.3 Å². The van der Waals surface area contributed by atoms with Gasteiger partial charge in [-0.3, -0.25) is 4.79 Å². The van der Waals surface area contributed by atoms with Crippen molar-refractivity contribution in [2.24, 2.45) is 0 Å². The lowest BCUT2D eigenvalue weighted by Gasteiger charge is -2.13. The molecule has 2 aromatic carbocycles. The normalized spacial score (nSPS) is 12.1. The van der Waals surface area contributed by atoms with Gasteiger partial charge in [0.25, 0.3) is 15.9 Å². The summed E-state index contributed by atoms with van der Waals surface area (Å²) in [6.45, 7) is 0.0334. The van der Waals surface area contributed by atoms with E-state index in [0.29, 0.717) is 26.8 Å². The third-order valence-electron chi connectivity index (χ3n) is 5.23. The third kappa shape index (κ3) is 5.56. The first-order valence-electron chi connectivity index (χ1n) is 10.8. The van der Waals surface area contributed by atoms with Crippen molar-refractivity contribution >= 4 is 39.6 Å². The van der Waals surface area contributed by atoms with Gasteiger partial charge in [0.1, 0.15) is 22.5 Å². The molecule has 0 fully saturated rings. The maximum atomic E-state index is 14.3. The Balaban J connectivity index is 1.86. The number of nitrogens with zero attached hydrogens (tertiary/aromatic N) is 5. The van der Waals surface area contributed by atoms with Crippen LogP contribution in [0.2, 0.25) is 0 Å². The van der Waals surface area contributed by atoms with Crippen molar-refractivity contribution in [1.82, 2.24) is 29.5 Å². The number of methoxy groups -OCH3 is 1. The van der Waals surface area contributed by atoms with Gasteiger partial charge in [0, 0.05) is 6.54 Å². The smallest absolute Gasteiger partial charge is 0.434 e. The molecule has 2 heterocycles. The van der Waals surface area contributed by atoms with Gasteiger partial charge < -0.3 is 10.1 Å². The topological polar surface area (TPSA) is 121 Å². The zero-order valence-electron chi connectivity index (χ0n) is 19.3. The standard InChI is InChI=1S/C22H21F3N6O4S2/c1-35-15-9-7-14(8-10-15)30-20(22(23,24)25)19(21(32)26-11-4-12-36)18(27-30)13-37(33,34)31-28-16-5-2-3-6-17(16)29-31/h2-3,5-10,36H,4,11-13H2,1H3,(H,26,32). The molecule has 196 valence electrons. The Morgan fingerprint density at radius 1 is 1.05 bits per heavy atom. The summed E-state index contributed by atoms with van der Waals surface area (Å²) < 4.78 is 75.3. The first-order chi connectivity index (χ1) is 17.5. The summed E-state index contributed by atoms with van der Waals surface area (Å²) in [5.74, 6) is -1.40. The van der Waals surface area contributed by atoms with Gasteiger partial charge in [0.15, 0.2) is 5.69 Å². The van der Waals surface area contributed by atoms with Crippen molar-refractivity contribution in [3.63, 3.8) is 0 Å². The number of hydrogen-bond donors (Lipinski definition) is 2. The second-order valence-corrected chi connectivity index (χ2v) is 10.0. The van der Waals surface area contributed by atoms with Gasteiger partial charge in [-0.15, -0.1) is 10.2 Å². The van der Waals surface area contributed by atoms with Crippen LogP contribution in [-0.2, 0) is 22.0 Å². The number of benzene rings is 2. The summed E-state index contributed by atoms with van der Waals surface area (Å²) in [4.78, 5) is 13.0. The van der Waals surface area contributed by atoms with E-state index in [9.17, 15) is 26.4 Å². The average Bonchev–Trinajstić information content (AvgIpc) is 3.46. The van der Waals surface area contributed by atoms with Gasteiger partial charge in [-0.1, -0.05) is 16.3 Å². The fourth-order valence-corrected chi connectivity index (χ4v) is 4.79. The highest BCUT2D eigenvalue weighted by Crippen LogP contribution is 2.36. The van der Waals surface area contributed by atoms with Crippen molar-refractivity contribution in [3.8, 4) is 11.4 Å². The Bertz CT molecular complexity index is 1500. The number of fused-ring (bicyclic) bond motifs is 1. The lowest BCUT2D eigenvalue weighted by atomic mass is 10.1. The number of ether oxygens (including phenoxy) is 1. The van der Waals surface area contributed by atoms with E-state index in [1.807, 2.05) is 0 Å². The molecule has 1 N–H and O–H groups in total. The summed E-state index contributed by atoms with van der Waals surface area (Å²) in [6.07, 6.45) is -4.66. The number of carbonyl (C=O) groups is 1. The van der Waals surface area contributed by atoms with Crippen LogP contribution in [0.15, 0.2) is 48.5 Å². The van der Waals surface area contributed by atoms with E-state index in [0.717, 1.165) is 0 Å². The van der Waals surface area contributed by atoms with Crippen LogP contribution in [0.4, 0.5) is 13.2 Å². The molecule has 0 saturated carbocycles. The average molecular weight is 555 g/mol. The maximum Gasteiger partial charge on any atom is 0.434 e. The molecule has 1 amide bonds. The van der Waals surface area contributed by atoms with Crippen LogP contribution >= 0.6 is 12.6 Å². The molecule has 2 aromatic heterocycles. The molecule has 0 saturated heterocycles. The van der Waals surface area contributed by atoms with E-state index in [-0.39, 0.29) is 23.3 Å². The number of rotatable bonds is 9. The Hall–Kier alpha value is -3.59. The first kappa shape index (κ1) is 26.5. The SMILES string of the molecule is COc1ccc(-n2nc(CS(=O)(=O)n3nc4ccccc4n3)c(C(=O)NCCCS)c2C(F)(F)F)cc1. The van der Waals surface area contributed by atoms with Gasteiger partial charge in [-0.05, 0) is 48.6 Å². The van der Waals surface area contributed by atoms with Crippen LogP contribution in [-0.4, -0.2) is 57.9 Å². The highest BCUT2D eigenvalue weighted by molar-refractivity contribution is 7.88. The Kier molecular flexibility index (Phi) is 7.45. The lowest BCUT2D eigenvalue weighted by molar-refractivity contribution is -0.143. The molecular formula is C22H21F3N6O4S2. The number of thiol groups is 1. The Morgan fingerprint density at radius 2 is 1.68 bits per heavy atom.